The molecule has 2 aromatic rings. The first-order chi connectivity index (χ1) is 12.9. The molecular weight excluding hydrogens is 462 g/mol. The number of nitro groups is 4. The zero-order chi connectivity index (χ0) is 21.8. The van der Waals surface area contributed by atoms with Crippen LogP contribution in [0.2, 0.25) is 0 Å². The van der Waals surface area contributed by atoms with Crippen molar-refractivity contribution < 1.29 is 133 Å². The van der Waals surface area contributed by atoms with Crippen LogP contribution in [0.5, 0.6) is 11.5 Å². The number of rotatable bonds is 4. The predicted molar refractivity (Wildman–Crippen MR) is 87.9 cm³/mol. The molecule has 14 nitrogen and oxygen atoms in total. The maximum atomic E-state index is 11.1. The van der Waals surface area contributed by atoms with Gasteiger partial charge < -0.3 is 10.2 Å². The summed E-state index contributed by atoms with van der Waals surface area (Å²) in [4.78, 5) is 37.8. The average molecular weight is 472 g/mol. The van der Waals surface area contributed by atoms with Crippen molar-refractivity contribution in [2.45, 2.75) is 13.8 Å². The summed E-state index contributed by atoms with van der Waals surface area (Å²) in [6, 6.07) is 3.69. The third-order valence-electron chi connectivity index (χ3n) is 3.23. The maximum absolute atomic E-state index is 11.1. The largest absolute Gasteiger partial charge is 1.00 e. The van der Waals surface area contributed by atoms with Gasteiger partial charge in [-0.15, -0.1) is 0 Å². The quantitative estimate of drug-likeness (QED) is 0.237. The van der Waals surface area contributed by atoms with Crippen LogP contribution >= 0.6 is 0 Å². The van der Waals surface area contributed by atoms with Gasteiger partial charge in [-0.2, -0.15) is 0 Å². The van der Waals surface area contributed by atoms with Crippen LogP contribution in [-0.2, 0) is 0 Å². The number of benzene rings is 2. The van der Waals surface area contributed by atoms with Crippen LogP contribution in [-0.4, -0.2) is 19.7 Å². The first-order valence-corrected chi connectivity index (χ1v) is 7.07. The van der Waals surface area contributed by atoms with E-state index in [4.69, 9.17) is 0 Å². The van der Waals surface area contributed by atoms with Gasteiger partial charge in [0.15, 0.2) is 0 Å². The van der Waals surface area contributed by atoms with Crippen molar-refractivity contribution in [3.8, 4) is 11.5 Å². The normalized spacial score (nSPS) is 9.13. The van der Waals surface area contributed by atoms with Gasteiger partial charge in [-0.25, -0.2) is 0 Å². The number of nitro benzene ring substituents is 4. The number of non-ortho nitro benzene ring substituents is 1. The fraction of sp³-hybridized carbons (Fsp3) is 0.143. The molecule has 0 radical (unpaired) electrons. The van der Waals surface area contributed by atoms with Gasteiger partial charge in [0.25, 0.3) is 22.7 Å². The van der Waals surface area contributed by atoms with Gasteiger partial charge in [0.05, 0.1) is 31.5 Å². The zero-order valence-corrected chi connectivity index (χ0v) is 22.4. The molecule has 0 saturated carbocycles. The summed E-state index contributed by atoms with van der Waals surface area (Å²) in [7, 11) is 0. The van der Waals surface area contributed by atoms with Crippen molar-refractivity contribution in [1.29, 1.82) is 0 Å². The van der Waals surface area contributed by atoms with Crippen molar-refractivity contribution in [3.05, 3.63) is 75.8 Å². The molecule has 0 aliphatic heterocycles. The van der Waals surface area contributed by atoms with E-state index in [1.54, 1.807) is 0 Å². The van der Waals surface area contributed by atoms with Crippen LogP contribution in [0.15, 0.2) is 24.3 Å². The van der Waals surface area contributed by atoms with E-state index in [-0.39, 0.29) is 108 Å². The van der Waals surface area contributed by atoms with E-state index in [1.165, 1.54) is 13.8 Å². The van der Waals surface area contributed by atoms with E-state index in [2.05, 4.69) is 0 Å². The van der Waals surface area contributed by atoms with Gasteiger partial charge in [-0.05, 0) is 30.7 Å². The second-order valence-electron chi connectivity index (χ2n) is 5.27. The van der Waals surface area contributed by atoms with E-state index < -0.39 is 53.9 Å². The Bertz CT molecular complexity index is 947. The van der Waals surface area contributed by atoms with Crippen LogP contribution in [0.25, 0.3) is 0 Å². The van der Waals surface area contributed by atoms with Crippen LogP contribution < -0.4 is 113 Å². The minimum atomic E-state index is -1.16. The van der Waals surface area contributed by atoms with Crippen LogP contribution in [0.4, 0.5) is 22.7 Å². The maximum Gasteiger partial charge on any atom is 1.00 e. The van der Waals surface area contributed by atoms with E-state index >= 15 is 0 Å². The Morgan fingerprint density at radius 2 is 0.967 bits per heavy atom. The summed E-state index contributed by atoms with van der Waals surface area (Å²) in [6.45, 7) is 2.74. The number of nitrogens with zero attached hydrogens (tertiary/aromatic N) is 4. The van der Waals surface area contributed by atoms with E-state index in [0.29, 0.717) is 11.6 Å². The topological polar surface area (TPSA) is 219 Å². The third-order valence-corrected chi connectivity index (χ3v) is 3.23. The molecule has 0 unspecified atom stereocenters. The molecule has 2 rings (SSSR count). The van der Waals surface area contributed by atoms with Crippen LogP contribution in [0, 0.1) is 54.3 Å². The molecule has 0 aliphatic carbocycles. The van der Waals surface area contributed by atoms with E-state index in [0.717, 1.165) is 18.2 Å². The van der Waals surface area contributed by atoms with Gasteiger partial charge >= 0.3 is 103 Å². The average Bonchev–Trinajstić information content (AvgIpc) is 2.58. The Labute approximate surface area is 252 Å². The van der Waals surface area contributed by atoms with Gasteiger partial charge in [0.2, 0.25) is 0 Å². The zero-order valence-electron chi connectivity index (χ0n) is 16.2. The van der Waals surface area contributed by atoms with Crippen molar-refractivity contribution >= 4 is 22.7 Å². The monoisotopic (exact) mass is 472 g/mol. The smallest absolute Gasteiger partial charge is 0.868 e. The molecule has 0 aromatic heterocycles. The van der Waals surface area contributed by atoms with Gasteiger partial charge in [-0.1, -0.05) is 0 Å². The summed E-state index contributed by atoms with van der Waals surface area (Å²) in [5.41, 5.74) is -2.45. The minimum Gasteiger partial charge on any atom is -0.868 e. The van der Waals surface area contributed by atoms with Crippen LogP contribution in [0.3, 0.4) is 0 Å². The van der Waals surface area contributed by atoms with Crippen molar-refractivity contribution in [2.24, 2.45) is 0 Å². The number of hydrogen-bond donors (Lipinski definition) is 0. The Morgan fingerprint density at radius 1 is 0.600 bits per heavy atom. The molecule has 30 heavy (non-hydrogen) atoms. The van der Waals surface area contributed by atoms with Gasteiger partial charge in [0, 0.05) is 18.2 Å². The molecule has 0 amide bonds. The summed E-state index contributed by atoms with van der Waals surface area (Å²) in [5, 5.41) is 63.6. The van der Waals surface area contributed by atoms with Crippen molar-refractivity contribution in [3.63, 3.8) is 0 Å². The molecule has 0 aliphatic rings. The fourth-order valence-corrected chi connectivity index (χ4v) is 1.98. The second kappa shape index (κ2) is 13.4. The molecule has 0 saturated heterocycles. The summed E-state index contributed by atoms with van der Waals surface area (Å²) in [6.07, 6.45) is 0. The summed E-state index contributed by atoms with van der Waals surface area (Å²) < 4.78 is 0. The van der Waals surface area contributed by atoms with Crippen molar-refractivity contribution in [1.82, 2.24) is 0 Å². The third kappa shape index (κ3) is 8.21. The van der Waals surface area contributed by atoms with Crippen molar-refractivity contribution in [2.75, 3.05) is 0 Å². The second-order valence-corrected chi connectivity index (χ2v) is 5.27. The summed E-state index contributed by atoms with van der Waals surface area (Å²) >= 11 is 0. The molecule has 0 fully saturated rings. The molecule has 0 bridgehead atoms. The Balaban J connectivity index is 0. The minimum absolute atomic E-state index is 0. The molecule has 148 valence electrons. The first-order valence-electron chi connectivity index (χ1n) is 7.07. The van der Waals surface area contributed by atoms with E-state index in [1.807, 2.05) is 0 Å². The molecule has 0 heterocycles. The van der Waals surface area contributed by atoms with Crippen LogP contribution in [0.1, 0.15) is 11.1 Å². The Morgan fingerprint density at radius 3 is 1.30 bits per heavy atom. The molecule has 16 heteroatoms. The molecule has 0 atom stereocenters. The molecule has 2 aromatic carbocycles. The molecule has 0 spiro atoms. The number of aryl methyl sites for hydroxylation is 2. The predicted octanol–water partition coefficient (Wildman–Crippen LogP) is -4.22. The number of hydrogen-bond acceptors (Lipinski definition) is 10. The SMILES string of the molecule is Cc1cc([N+](=O)[O-])c([O-])c([N+](=O)[O-])c1.Cc1cc([N+](=O)[O-])cc([N+](=O)[O-])c1[O-].[K+].[K+]. The Hall–Kier alpha value is -1.09. The first kappa shape index (κ1) is 31.1. The van der Waals surface area contributed by atoms with Gasteiger partial charge in [-0.3, -0.25) is 40.5 Å². The molecule has 0 N–H and O–H groups in total. The van der Waals surface area contributed by atoms with E-state index in [9.17, 15) is 50.7 Å². The summed E-state index contributed by atoms with van der Waals surface area (Å²) in [5.74, 6) is -1.95. The fourth-order valence-electron chi connectivity index (χ4n) is 1.98. The standard InChI is InChI=1S/2C7H6N2O5.2K/c1-4-2-5(8(11)12)3-6(7(4)10)9(13)14;1-4-2-5(8(11)12)7(10)6(3-4)9(13)14;;/h2*2-3,10H,1H3;;/q;;2*+1/p-2. The molecular formula is C14H10K2N4O10. The Kier molecular flexibility index (Phi) is 13.8. The van der Waals surface area contributed by atoms with Gasteiger partial charge in [0.1, 0.15) is 0 Å².